The zero-order valence-electron chi connectivity index (χ0n) is 11.0. The Morgan fingerprint density at radius 2 is 2.15 bits per heavy atom. The predicted octanol–water partition coefficient (Wildman–Crippen LogP) is 2.60. The van der Waals surface area contributed by atoms with Crippen molar-refractivity contribution in [1.29, 1.82) is 0 Å². The Bertz CT molecular complexity index is 764. The molecule has 0 amide bonds. The van der Waals surface area contributed by atoms with Gasteiger partial charge in [0, 0.05) is 11.6 Å². The van der Waals surface area contributed by atoms with E-state index in [2.05, 4.69) is 9.97 Å². The van der Waals surface area contributed by atoms with E-state index >= 15 is 0 Å². The summed E-state index contributed by atoms with van der Waals surface area (Å²) < 4.78 is 6.67. The van der Waals surface area contributed by atoms with Crippen LogP contribution >= 0.6 is 0 Å². The van der Waals surface area contributed by atoms with Crippen LogP contribution in [-0.2, 0) is 4.74 Å². The van der Waals surface area contributed by atoms with Gasteiger partial charge in [-0.3, -0.25) is 4.98 Å². The molecule has 5 nitrogen and oxygen atoms in total. The van der Waals surface area contributed by atoms with E-state index in [9.17, 15) is 4.79 Å². The Labute approximate surface area is 115 Å². The number of carbonyl (C=O) groups is 1. The molecule has 0 aliphatic carbocycles. The van der Waals surface area contributed by atoms with E-state index in [-0.39, 0.29) is 0 Å². The van der Waals surface area contributed by atoms with Crippen LogP contribution in [0.1, 0.15) is 17.4 Å². The summed E-state index contributed by atoms with van der Waals surface area (Å²) in [6, 6.07) is 9.86. The van der Waals surface area contributed by atoms with Gasteiger partial charge in [-0.15, -0.1) is 0 Å². The minimum atomic E-state index is -0.417. The Balaban J connectivity index is 1.96. The molecule has 0 fully saturated rings. The average Bonchev–Trinajstić information content (AvgIpc) is 2.97. The molecule has 0 saturated carbocycles. The third-order valence-corrected chi connectivity index (χ3v) is 2.94. The Kier molecular flexibility index (Phi) is 3.16. The summed E-state index contributed by atoms with van der Waals surface area (Å²) >= 11 is 0. The van der Waals surface area contributed by atoms with Crippen LogP contribution in [0.15, 0.2) is 49.1 Å². The summed E-state index contributed by atoms with van der Waals surface area (Å²) in [5, 5.41) is 1.04. The van der Waals surface area contributed by atoms with E-state index in [0.717, 1.165) is 16.6 Å². The molecule has 5 heteroatoms. The fraction of sp³-hybridized carbons (Fsp3) is 0.133. The van der Waals surface area contributed by atoms with Gasteiger partial charge in [0.15, 0.2) is 5.69 Å². The number of carbonyl (C=O) groups excluding carboxylic acids is 1. The molecule has 0 bridgehead atoms. The minimum Gasteiger partial charge on any atom is -0.461 e. The van der Waals surface area contributed by atoms with Gasteiger partial charge in [0.1, 0.15) is 6.33 Å². The van der Waals surface area contributed by atoms with E-state index in [1.54, 1.807) is 30.2 Å². The maximum atomic E-state index is 11.6. The van der Waals surface area contributed by atoms with Crippen molar-refractivity contribution in [1.82, 2.24) is 14.5 Å². The first-order valence-electron chi connectivity index (χ1n) is 6.34. The third-order valence-electron chi connectivity index (χ3n) is 2.94. The fourth-order valence-electron chi connectivity index (χ4n) is 1.98. The predicted molar refractivity (Wildman–Crippen MR) is 74.8 cm³/mol. The van der Waals surface area contributed by atoms with Crippen molar-refractivity contribution in [3.8, 4) is 5.69 Å². The summed E-state index contributed by atoms with van der Waals surface area (Å²) in [7, 11) is 0. The summed E-state index contributed by atoms with van der Waals surface area (Å²) in [6.07, 6.45) is 4.97. The zero-order valence-corrected chi connectivity index (χ0v) is 11.0. The molecule has 0 radical (unpaired) electrons. The lowest BCUT2D eigenvalue weighted by Crippen LogP contribution is -2.04. The van der Waals surface area contributed by atoms with Gasteiger partial charge in [-0.05, 0) is 19.1 Å². The zero-order chi connectivity index (χ0) is 13.9. The van der Waals surface area contributed by atoms with Gasteiger partial charge >= 0.3 is 5.97 Å². The highest BCUT2D eigenvalue weighted by atomic mass is 16.5. The molecule has 0 unspecified atom stereocenters. The highest BCUT2D eigenvalue weighted by molar-refractivity contribution is 5.87. The van der Waals surface area contributed by atoms with Crippen molar-refractivity contribution in [2.45, 2.75) is 6.92 Å². The first kappa shape index (κ1) is 12.3. The Morgan fingerprint density at radius 3 is 3.00 bits per heavy atom. The maximum absolute atomic E-state index is 11.6. The molecular weight excluding hydrogens is 254 g/mol. The highest BCUT2D eigenvalue weighted by Crippen LogP contribution is 2.16. The molecule has 20 heavy (non-hydrogen) atoms. The van der Waals surface area contributed by atoms with E-state index in [4.69, 9.17) is 4.74 Å². The van der Waals surface area contributed by atoms with Crippen molar-refractivity contribution in [2.24, 2.45) is 0 Å². The van der Waals surface area contributed by atoms with Crippen LogP contribution < -0.4 is 0 Å². The first-order valence-corrected chi connectivity index (χ1v) is 6.34. The summed E-state index contributed by atoms with van der Waals surface area (Å²) in [4.78, 5) is 20.0. The number of hydrogen-bond acceptors (Lipinski definition) is 4. The SMILES string of the molecule is CCOC(=O)c1cn(-c2cnc3ccccc3c2)cn1. The second-order valence-corrected chi connectivity index (χ2v) is 4.27. The summed E-state index contributed by atoms with van der Waals surface area (Å²) in [6.45, 7) is 2.10. The van der Waals surface area contributed by atoms with Gasteiger partial charge in [0.05, 0.1) is 24.0 Å². The molecule has 100 valence electrons. The van der Waals surface area contributed by atoms with E-state index < -0.39 is 5.97 Å². The lowest BCUT2D eigenvalue weighted by Gasteiger charge is -2.03. The van der Waals surface area contributed by atoms with Crippen LogP contribution in [-0.4, -0.2) is 27.1 Å². The van der Waals surface area contributed by atoms with Crippen molar-refractivity contribution < 1.29 is 9.53 Å². The molecule has 3 rings (SSSR count). The number of pyridine rings is 1. The van der Waals surface area contributed by atoms with Gasteiger partial charge in [-0.1, -0.05) is 18.2 Å². The number of hydrogen-bond donors (Lipinski definition) is 0. The van der Waals surface area contributed by atoms with Crippen molar-refractivity contribution in [3.05, 3.63) is 54.7 Å². The number of benzene rings is 1. The number of aromatic nitrogens is 3. The summed E-state index contributed by atoms with van der Waals surface area (Å²) in [5.41, 5.74) is 2.08. The number of esters is 1. The van der Waals surface area contributed by atoms with Gasteiger partial charge in [0.2, 0.25) is 0 Å². The second-order valence-electron chi connectivity index (χ2n) is 4.27. The van der Waals surface area contributed by atoms with Crippen LogP contribution in [0.5, 0.6) is 0 Å². The van der Waals surface area contributed by atoms with Crippen LogP contribution in [0, 0.1) is 0 Å². The van der Waals surface area contributed by atoms with E-state index in [1.807, 2.05) is 30.3 Å². The largest absolute Gasteiger partial charge is 0.461 e. The van der Waals surface area contributed by atoms with Crippen LogP contribution in [0.2, 0.25) is 0 Å². The number of fused-ring (bicyclic) bond motifs is 1. The molecule has 2 aromatic heterocycles. The smallest absolute Gasteiger partial charge is 0.358 e. The molecule has 0 aliphatic heterocycles. The van der Waals surface area contributed by atoms with E-state index in [0.29, 0.717) is 12.3 Å². The van der Waals surface area contributed by atoms with Gasteiger partial charge in [-0.2, -0.15) is 0 Å². The lowest BCUT2D eigenvalue weighted by atomic mass is 10.2. The maximum Gasteiger partial charge on any atom is 0.358 e. The molecule has 0 atom stereocenters. The highest BCUT2D eigenvalue weighted by Gasteiger charge is 2.10. The quantitative estimate of drug-likeness (QED) is 0.684. The normalized spacial score (nSPS) is 10.7. The monoisotopic (exact) mass is 267 g/mol. The van der Waals surface area contributed by atoms with Gasteiger partial charge < -0.3 is 9.30 Å². The average molecular weight is 267 g/mol. The summed E-state index contributed by atoms with van der Waals surface area (Å²) in [5.74, 6) is -0.417. The number of para-hydroxylation sites is 1. The second kappa shape index (κ2) is 5.13. The van der Waals surface area contributed by atoms with Gasteiger partial charge in [0.25, 0.3) is 0 Å². The molecule has 2 heterocycles. The number of rotatable bonds is 3. The standard InChI is InChI=1S/C15H13N3O2/c1-2-20-15(19)14-9-18(10-17-14)12-7-11-5-3-4-6-13(11)16-8-12/h3-10H,2H2,1H3. The van der Waals surface area contributed by atoms with Crippen molar-refractivity contribution >= 4 is 16.9 Å². The minimum absolute atomic E-state index is 0.292. The molecule has 1 aromatic carbocycles. The molecule has 0 saturated heterocycles. The molecular formula is C15H13N3O2. The Hall–Kier alpha value is -2.69. The molecule has 0 N–H and O–H groups in total. The lowest BCUT2D eigenvalue weighted by molar-refractivity contribution is 0.0520. The first-order chi connectivity index (χ1) is 9.78. The fourth-order valence-corrected chi connectivity index (χ4v) is 1.98. The third kappa shape index (κ3) is 2.25. The molecule has 0 aliphatic rings. The van der Waals surface area contributed by atoms with Crippen molar-refractivity contribution in [3.63, 3.8) is 0 Å². The van der Waals surface area contributed by atoms with Crippen LogP contribution in [0.3, 0.4) is 0 Å². The van der Waals surface area contributed by atoms with Gasteiger partial charge in [-0.25, -0.2) is 9.78 Å². The van der Waals surface area contributed by atoms with E-state index in [1.165, 1.54) is 0 Å². The topological polar surface area (TPSA) is 57.0 Å². The van der Waals surface area contributed by atoms with Crippen LogP contribution in [0.4, 0.5) is 0 Å². The van der Waals surface area contributed by atoms with Crippen molar-refractivity contribution in [2.75, 3.05) is 6.61 Å². The number of nitrogens with zero attached hydrogens (tertiary/aromatic N) is 3. The number of ether oxygens (including phenoxy) is 1. The van der Waals surface area contributed by atoms with Crippen LogP contribution in [0.25, 0.3) is 16.6 Å². The Morgan fingerprint density at radius 1 is 1.30 bits per heavy atom. The molecule has 0 spiro atoms. The molecule has 3 aromatic rings. The number of imidazole rings is 1.